The maximum Gasteiger partial charge on any atom is 0.191 e. The van der Waals surface area contributed by atoms with Gasteiger partial charge in [0, 0.05) is 26.2 Å². The summed E-state index contributed by atoms with van der Waals surface area (Å²) in [6, 6.07) is 7.35. The highest BCUT2D eigenvalue weighted by Crippen LogP contribution is 2.15. The normalized spacial score (nSPS) is 18.3. The minimum Gasteiger partial charge on any atom is -0.304 e. The topological polar surface area (TPSA) is 40.6 Å². The third kappa shape index (κ3) is 4.04. The Morgan fingerprint density at radius 3 is 2.20 bits per heavy atom. The van der Waals surface area contributed by atoms with Crippen molar-refractivity contribution >= 4 is 9.84 Å². The van der Waals surface area contributed by atoms with Gasteiger partial charge in [-0.2, -0.15) is 0 Å². The summed E-state index contributed by atoms with van der Waals surface area (Å²) >= 11 is 0. The lowest BCUT2D eigenvalue weighted by atomic mass is 10.1. The highest BCUT2D eigenvalue weighted by Gasteiger charge is 2.22. The molecule has 1 aliphatic rings. The third-order valence-corrected chi connectivity index (χ3v) is 5.47. The second-order valence-corrected chi connectivity index (χ2v) is 7.52. The van der Waals surface area contributed by atoms with E-state index < -0.39 is 9.84 Å². The van der Waals surface area contributed by atoms with Crippen LogP contribution in [0.2, 0.25) is 0 Å². The number of likely N-dealkylation sites (N-methyl/N-ethyl adjacent to an activating group) is 1. The molecule has 1 saturated heterocycles. The zero-order valence-electron chi connectivity index (χ0n) is 12.4. The largest absolute Gasteiger partial charge is 0.304 e. The first-order chi connectivity index (χ1) is 9.51. The number of nitrogens with zero attached hydrogens (tertiary/aromatic N) is 2. The molecule has 4 nitrogen and oxygen atoms in total. The standard InChI is InChI=1S/C15H24N2O2S/c1-3-4-14-5-7-15(8-6-14)20(18,19)13-17-11-9-16(2)10-12-17/h5-8H,3-4,9-13H2,1-2H3. The first-order valence-corrected chi connectivity index (χ1v) is 8.89. The van der Waals surface area contributed by atoms with Crippen molar-refractivity contribution in [3.63, 3.8) is 0 Å². The van der Waals surface area contributed by atoms with E-state index in [9.17, 15) is 8.42 Å². The van der Waals surface area contributed by atoms with Gasteiger partial charge in [-0.15, -0.1) is 0 Å². The Kier molecular flexibility index (Phi) is 5.18. The van der Waals surface area contributed by atoms with Crippen molar-refractivity contribution in [1.29, 1.82) is 0 Å². The minimum atomic E-state index is -3.20. The van der Waals surface area contributed by atoms with Gasteiger partial charge in [-0.1, -0.05) is 25.5 Å². The van der Waals surface area contributed by atoms with Crippen molar-refractivity contribution < 1.29 is 8.42 Å². The van der Waals surface area contributed by atoms with Gasteiger partial charge < -0.3 is 4.90 Å². The van der Waals surface area contributed by atoms with E-state index in [0.717, 1.165) is 39.0 Å². The van der Waals surface area contributed by atoms with Crippen LogP contribution in [0.1, 0.15) is 18.9 Å². The van der Waals surface area contributed by atoms with E-state index in [-0.39, 0.29) is 5.88 Å². The molecule has 0 N–H and O–H groups in total. The quantitative estimate of drug-likeness (QED) is 0.828. The summed E-state index contributed by atoms with van der Waals surface area (Å²) in [5.41, 5.74) is 1.20. The zero-order valence-corrected chi connectivity index (χ0v) is 13.2. The van der Waals surface area contributed by atoms with E-state index in [0.29, 0.717) is 4.90 Å². The van der Waals surface area contributed by atoms with E-state index in [1.54, 1.807) is 12.1 Å². The summed E-state index contributed by atoms with van der Waals surface area (Å²) < 4.78 is 24.8. The molecule has 0 unspecified atom stereocenters. The van der Waals surface area contributed by atoms with Crippen LogP contribution in [0.15, 0.2) is 29.2 Å². The lowest BCUT2D eigenvalue weighted by molar-refractivity contribution is 0.172. The van der Waals surface area contributed by atoms with Crippen LogP contribution < -0.4 is 0 Å². The summed E-state index contributed by atoms with van der Waals surface area (Å²) in [7, 11) is -1.13. The molecule has 1 aliphatic heterocycles. The number of hydrogen-bond donors (Lipinski definition) is 0. The van der Waals surface area contributed by atoms with Gasteiger partial charge in [0.2, 0.25) is 0 Å². The summed E-state index contributed by atoms with van der Waals surface area (Å²) in [6.07, 6.45) is 2.08. The Balaban J connectivity index is 2.02. The Morgan fingerprint density at radius 1 is 1.05 bits per heavy atom. The molecule has 1 aromatic carbocycles. The van der Waals surface area contributed by atoms with Crippen molar-refractivity contribution in [2.24, 2.45) is 0 Å². The molecule has 5 heteroatoms. The van der Waals surface area contributed by atoms with Gasteiger partial charge in [-0.3, -0.25) is 4.90 Å². The number of piperazine rings is 1. The van der Waals surface area contributed by atoms with Crippen LogP contribution >= 0.6 is 0 Å². The van der Waals surface area contributed by atoms with Crippen molar-refractivity contribution in [2.75, 3.05) is 39.1 Å². The van der Waals surface area contributed by atoms with Gasteiger partial charge in [-0.25, -0.2) is 8.42 Å². The van der Waals surface area contributed by atoms with Crippen molar-refractivity contribution in [2.45, 2.75) is 24.7 Å². The van der Waals surface area contributed by atoms with Crippen LogP contribution in [0.25, 0.3) is 0 Å². The smallest absolute Gasteiger partial charge is 0.191 e. The summed E-state index contributed by atoms with van der Waals surface area (Å²) in [5.74, 6) is 0.133. The Bertz CT molecular complexity index is 517. The first kappa shape index (κ1) is 15.5. The highest BCUT2D eigenvalue weighted by molar-refractivity contribution is 7.91. The maximum atomic E-state index is 12.4. The van der Waals surface area contributed by atoms with Gasteiger partial charge in [-0.05, 0) is 31.2 Å². The molecule has 112 valence electrons. The van der Waals surface area contributed by atoms with Crippen LogP contribution in [0, 0.1) is 0 Å². The highest BCUT2D eigenvalue weighted by atomic mass is 32.2. The maximum absolute atomic E-state index is 12.4. The number of rotatable bonds is 5. The van der Waals surface area contributed by atoms with Crippen LogP contribution in [-0.2, 0) is 16.3 Å². The van der Waals surface area contributed by atoms with Crippen molar-refractivity contribution in [1.82, 2.24) is 9.80 Å². The van der Waals surface area contributed by atoms with Crippen LogP contribution in [0.5, 0.6) is 0 Å². The van der Waals surface area contributed by atoms with Gasteiger partial charge in [0.05, 0.1) is 4.90 Å². The Hall–Kier alpha value is -0.910. The number of benzene rings is 1. The lowest BCUT2D eigenvalue weighted by Crippen LogP contribution is -2.46. The molecule has 0 bridgehead atoms. The molecule has 0 radical (unpaired) electrons. The van der Waals surface area contributed by atoms with E-state index in [1.165, 1.54) is 5.56 Å². The van der Waals surface area contributed by atoms with E-state index in [4.69, 9.17) is 0 Å². The number of sulfone groups is 1. The van der Waals surface area contributed by atoms with Gasteiger partial charge >= 0.3 is 0 Å². The molecule has 0 spiro atoms. The second kappa shape index (κ2) is 6.70. The summed E-state index contributed by atoms with van der Waals surface area (Å²) in [4.78, 5) is 4.69. The molecule has 1 aromatic rings. The molecule has 0 amide bonds. The minimum absolute atomic E-state index is 0.133. The lowest BCUT2D eigenvalue weighted by Gasteiger charge is -2.31. The average Bonchev–Trinajstić information content (AvgIpc) is 2.42. The van der Waals surface area contributed by atoms with Crippen molar-refractivity contribution in [3.8, 4) is 0 Å². The third-order valence-electron chi connectivity index (χ3n) is 3.77. The van der Waals surface area contributed by atoms with Gasteiger partial charge in [0.15, 0.2) is 9.84 Å². The summed E-state index contributed by atoms with van der Waals surface area (Å²) in [5, 5.41) is 0. The van der Waals surface area contributed by atoms with E-state index in [1.807, 2.05) is 17.0 Å². The van der Waals surface area contributed by atoms with E-state index in [2.05, 4.69) is 18.9 Å². The molecule has 0 aromatic heterocycles. The van der Waals surface area contributed by atoms with Crippen LogP contribution in [0.4, 0.5) is 0 Å². The summed E-state index contributed by atoms with van der Waals surface area (Å²) in [6.45, 7) is 5.64. The predicted octanol–water partition coefficient (Wildman–Crippen LogP) is 1.62. The first-order valence-electron chi connectivity index (χ1n) is 7.24. The molecule has 0 saturated carbocycles. The fourth-order valence-corrected chi connectivity index (χ4v) is 3.88. The van der Waals surface area contributed by atoms with Crippen LogP contribution in [0.3, 0.4) is 0 Å². The molecule has 0 aliphatic carbocycles. The fourth-order valence-electron chi connectivity index (χ4n) is 2.44. The molecule has 1 fully saturated rings. The zero-order chi connectivity index (χ0) is 14.6. The van der Waals surface area contributed by atoms with Crippen molar-refractivity contribution in [3.05, 3.63) is 29.8 Å². The molecular weight excluding hydrogens is 272 g/mol. The molecule has 20 heavy (non-hydrogen) atoms. The van der Waals surface area contributed by atoms with Crippen LogP contribution in [-0.4, -0.2) is 57.3 Å². The molecular formula is C15H24N2O2S. The van der Waals surface area contributed by atoms with Gasteiger partial charge in [0.25, 0.3) is 0 Å². The Morgan fingerprint density at radius 2 is 1.65 bits per heavy atom. The number of hydrogen-bond acceptors (Lipinski definition) is 4. The molecule has 2 rings (SSSR count). The second-order valence-electron chi connectivity index (χ2n) is 5.56. The monoisotopic (exact) mass is 296 g/mol. The SMILES string of the molecule is CCCc1ccc(S(=O)(=O)CN2CCN(C)CC2)cc1. The fraction of sp³-hybridized carbons (Fsp3) is 0.600. The number of aryl methyl sites for hydroxylation is 1. The molecule has 0 atom stereocenters. The molecule has 1 heterocycles. The van der Waals surface area contributed by atoms with E-state index >= 15 is 0 Å². The Labute approximate surface area is 122 Å². The predicted molar refractivity (Wildman–Crippen MR) is 81.6 cm³/mol. The van der Waals surface area contributed by atoms with Gasteiger partial charge in [0.1, 0.15) is 5.88 Å². The average molecular weight is 296 g/mol.